The van der Waals surface area contributed by atoms with Crippen molar-refractivity contribution in [1.82, 2.24) is 21.3 Å². The van der Waals surface area contributed by atoms with E-state index in [1.807, 2.05) is 28.2 Å². The molecular weight excluding hydrogens is 168 g/mol. The predicted molar refractivity (Wildman–Crippen MR) is 54.6 cm³/mol. The Kier molecular flexibility index (Phi) is 8.27. The Bertz CT molecular complexity index is 92.3. The second-order valence-corrected chi connectivity index (χ2v) is 2.80. The molecule has 0 spiro atoms. The van der Waals surface area contributed by atoms with E-state index >= 15 is 0 Å². The molecular formula is C8H22N4O. The van der Waals surface area contributed by atoms with Crippen molar-refractivity contribution in [3.63, 3.8) is 0 Å². The molecule has 0 aliphatic rings. The minimum absolute atomic E-state index is 0.217. The van der Waals surface area contributed by atoms with Gasteiger partial charge in [0.1, 0.15) is 0 Å². The molecule has 0 rings (SSSR count). The number of likely N-dealkylation sites (N-methyl/N-ethyl adjacent to an activating group) is 4. The highest BCUT2D eigenvalue weighted by atomic mass is 16.5. The molecule has 0 radical (unpaired) electrons. The highest BCUT2D eigenvalue weighted by Crippen LogP contribution is 1.83. The van der Waals surface area contributed by atoms with Gasteiger partial charge in [0.15, 0.2) is 0 Å². The zero-order valence-corrected chi connectivity index (χ0v) is 8.98. The van der Waals surface area contributed by atoms with E-state index in [0.29, 0.717) is 13.2 Å². The number of hydrogen-bond acceptors (Lipinski definition) is 5. The second kappa shape index (κ2) is 8.40. The summed E-state index contributed by atoms with van der Waals surface area (Å²) in [4.78, 5) is 0. The lowest BCUT2D eigenvalue weighted by atomic mass is 10.5. The van der Waals surface area contributed by atoms with E-state index in [4.69, 9.17) is 4.74 Å². The molecule has 5 heteroatoms. The Labute approximate surface area is 80.6 Å². The molecule has 4 N–H and O–H groups in total. The maximum absolute atomic E-state index is 5.47. The molecule has 0 unspecified atom stereocenters. The van der Waals surface area contributed by atoms with Gasteiger partial charge >= 0.3 is 0 Å². The van der Waals surface area contributed by atoms with Gasteiger partial charge in [-0.2, -0.15) is 0 Å². The van der Waals surface area contributed by atoms with Crippen molar-refractivity contribution in [2.75, 3.05) is 41.4 Å². The van der Waals surface area contributed by atoms with Gasteiger partial charge in [0.05, 0.1) is 25.5 Å². The van der Waals surface area contributed by atoms with Crippen LogP contribution in [0.4, 0.5) is 0 Å². The third-order valence-corrected chi connectivity index (χ3v) is 1.96. The molecule has 13 heavy (non-hydrogen) atoms. The highest BCUT2D eigenvalue weighted by molar-refractivity contribution is 4.60. The van der Waals surface area contributed by atoms with Crippen LogP contribution in [0, 0.1) is 0 Å². The molecule has 0 aromatic rings. The molecule has 0 heterocycles. The first-order valence-electron chi connectivity index (χ1n) is 4.55. The highest BCUT2D eigenvalue weighted by Gasteiger charge is 2.05. The predicted octanol–water partition coefficient (Wildman–Crippen LogP) is -1.47. The zero-order chi connectivity index (χ0) is 10.1. The van der Waals surface area contributed by atoms with Crippen LogP contribution in [0.2, 0.25) is 0 Å². The van der Waals surface area contributed by atoms with E-state index in [0.717, 1.165) is 0 Å². The van der Waals surface area contributed by atoms with Crippen LogP contribution in [0.1, 0.15) is 0 Å². The Morgan fingerprint density at radius 2 is 1.08 bits per heavy atom. The summed E-state index contributed by atoms with van der Waals surface area (Å²) in [6.07, 6.45) is 0.434. The minimum atomic E-state index is 0.217. The summed E-state index contributed by atoms with van der Waals surface area (Å²) in [7, 11) is 7.60. The van der Waals surface area contributed by atoms with Gasteiger partial charge in [-0.15, -0.1) is 0 Å². The van der Waals surface area contributed by atoms with Crippen LogP contribution in [0.5, 0.6) is 0 Å². The normalized spacial score (nSPS) is 11.5. The number of hydrogen-bond donors (Lipinski definition) is 4. The van der Waals surface area contributed by atoms with Crippen LogP contribution in [-0.2, 0) is 4.74 Å². The molecule has 0 aromatic carbocycles. The van der Waals surface area contributed by atoms with Crippen molar-refractivity contribution in [3.8, 4) is 0 Å². The Balaban J connectivity index is 3.41. The van der Waals surface area contributed by atoms with Crippen molar-refractivity contribution in [2.24, 2.45) is 0 Å². The first-order valence-corrected chi connectivity index (χ1v) is 4.55. The van der Waals surface area contributed by atoms with Crippen molar-refractivity contribution in [2.45, 2.75) is 12.3 Å². The maximum atomic E-state index is 5.47. The second-order valence-electron chi connectivity index (χ2n) is 2.80. The molecule has 0 fully saturated rings. The summed E-state index contributed by atoms with van der Waals surface area (Å²) in [5.74, 6) is 0. The van der Waals surface area contributed by atoms with E-state index in [1.54, 1.807) is 0 Å². The molecule has 80 valence electrons. The summed E-state index contributed by atoms with van der Waals surface area (Å²) in [5.41, 5.74) is 0. The Morgan fingerprint density at radius 3 is 1.31 bits per heavy atom. The van der Waals surface area contributed by atoms with E-state index in [9.17, 15) is 0 Å². The van der Waals surface area contributed by atoms with Gasteiger partial charge in [-0.3, -0.25) is 0 Å². The quantitative estimate of drug-likeness (QED) is 0.352. The molecule has 0 saturated heterocycles. The zero-order valence-electron chi connectivity index (χ0n) is 8.98. The average molecular weight is 190 g/mol. The van der Waals surface area contributed by atoms with E-state index in [-0.39, 0.29) is 12.3 Å². The van der Waals surface area contributed by atoms with Gasteiger partial charge in [-0.1, -0.05) is 0 Å². The third-order valence-electron chi connectivity index (χ3n) is 1.96. The Morgan fingerprint density at radius 1 is 0.769 bits per heavy atom. The average Bonchev–Trinajstić information content (AvgIpc) is 2.19. The van der Waals surface area contributed by atoms with Gasteiger partial charge in [0.25, 0.3) is 0 Å². The fraction of sp³-hybridized carbons (Fsp3) is 1.00. The van der Waals surface area contributed by atoms with Crippen molar-refractivity contribution < 1.29 is 4.74 Å². The first-order chi connectivity index (χ1) is 6.28. The molecule has 0 bridgehead atoms. The minimum Gasteiger partial charge on any atom is -0.375 e. The largest absolute Gasteiger partial charge is 0.375 e. The Hall–Kier alpha value is -0.200. The van der Waals surface area contributed by atoms with Crippen LogP contribution >= 0.6 is 0 Å². The van der Waals surface area contributed by atoms with Crippen LogP contribution < -0.4 is 21.3 Å². The summed E-state index contributed by atoms with van der Waals surface area (Å²) >= 11 is 0. The molecule has 5 nitrogen and oxygen atoms in total. The van der Waals surface area contributed by atoms with Crippen LogP contribution in [-0.4, -0.2) is 53.7 Å². The summed E-state index contributed by atoms with van der Waals surface area (Å²) < 4.78 is 5.47. The monoisotopic (exact) mass is 190 g/mol. The van der Waals surface area contributed by atoms with Crippen molar-refractivity contribution in [3.05, 3.63) is 0 Å². The lowest BCUT2D eigenvalue weighted by Gasteiger charge is -2.19. The number of ether oxygens (including phenoxy) is 1. The third kappa shape index (κ3) is 5.95. The SMILES string of the molecule is CNC(COCC(NC)NC)NC. The van der Waals surface area contributed by atoms with Gasteiger partial charge in [0.2, 0.25) is 0 Å². The maximum Gasteiger partial charge on any atom is 0.0808 e. The number of rotatable bonds is 8. The first kappa shape index (κ1) is 12.8. The molecule has 0 aliphatic carbocycles. The molecule has 0 saturated carbocycles. The summed E-state index contributed by atoms with van der Waals surface area (Å²) in [6.45, 7) is 1.32. The van der Waals surface area contributed by atoms with Gasteiger partial charge in [0, 0.05) is 0 Å². The van der Waals surface area contributed by atoms with Crippen molar-refractivity contribution >= 4 is 0 Å². The van der Waals surface area contributed by atoms with Crippen LogP contribution in [0.3, 0.4) is 0 Å². The lowest BCUT2D eigenvalue weighted by molar-refractivity contribution is 0.0836. The van der Waals surface area contributed by atoms with Gasteiger partial charge < -0.3 is 26.0 Å². The summed E-state index contributed by atoms with van der Waals surface area (Å²) in [5, 5.41) is 12.3. The molecule has 0 aromatic heterocycles. The van der Waals surface area contributed by atoms with E-state index in [1.165, 1.54) is 0 Å². The molecule has 0 amide bonds. The lowest BCUT2D eigenvalue weighted by Crippen LogP contribution is -2.45. The standard InChI is InChI=1S/C8H22N4O/c1-9-7(10-2)5-13-6-8(11-3)12-4/h7-12H,5-6H2,1-4H3. The van der Waals surface area contributed by atoms with E-state index < -0.39 is 0 Å². The van der Waals surface area contributed by atoms with Crippen molar-refractivity contribution in [1.29, 1.82) is 0 Å². The van der Waals surface area contributed by atoms with Crippen LogP contribution in [0.15, 0.2) is 0 Å². The van der Waals surface area contributed by atoms with E-state index in [2.05, 4.69) is 21.3 Å². The van der Waals surface area contributed by atoms with Gasteiger partial charge in [-0.25, -0.2) is 0 Å². The van der Waals surface area contributed by atoms with Gasteiger partial charge in [-0.05, 0) is 28.2 Å². The summed E-state index contributed by atoms with van der Waals surface area (Å²) in [6, 6.07) is 0. The smallest absolute Gasteiger partial charge is 0.0808 e. The fourth-order valence-corrected chi connectivity index (χ4v) is 0.926. The molecule has 0 atom stereocenters. The number of nitrogens with one attached hydrogen (secondary N) is 4. The topological polar surface area (TPSA) is 57.4 Å². The van der Waals surface area contributed by atoms with Crippen LogP contribution in [0.25, 0.3) is 0 Å². The molecule has 0 aliphatic heterocycles. The fourth-order valence-electron chi connectivity index (χ4n) is 0.926.